The van der Waals surface area contributed by atoms with Gasteiger partial charge in [-0.1, -0.05) is 20.8 Å². The van der Waals surface area contributed by atoms with Gasteiger partial charge in [0.15, 0.2) is 0 Å². The third-order valence-corrected chi connectivity index (χ3v) is 6.14. The maximum Gasteiger partial charge on any atom is 0.0640 e. The fourth-order valence-corrected chi connectivity index (χ4v) is 4.22. The lowest BCUT2D eigenvalue weighted by Gasteiger charge is -2.42. The van der Waals surface area contributed by atoms with Gasteiger partial charge in [0.1, 0.15) is 0 Å². The molecule has 3 fully saturated rings. The van der Waals surface area contributed by atoms with Crippen molar-refractivity contribution in [2.24, 2.45) is 16.7 Å². The van der Waals surface area contributed by atoms with Gasteiger partial charge in [0.2, 0.25) is 0 Å². The monoisotopic (exact) mass is 224 g/mol. The molecule has 3 aliphatic carbocycles. The molecule has 1 N–H and O–H groups in total. The second-order valence-corrected chi connectivity index (χ2v) is 6.98. The van der Waals surface area contributed by atoms with E-state index in [0.717, 1.165) is 18.8 Å². The van der Waals surface area contributed by atoms with Gasteiger partial charge in [0.25, 0.3) is 0 Å². The smallest absolute Gasteiger partial charge is 0.0640 e. The first-order valence-corrected chi connectivity index (χ1v) is 6.77. The van der Waals surface area contributed by atoms with Crippen molar-refractivity contribution >= 4 is 0 Å². The van der Waals surface area contributed by atoms with Gasteiger partial charge in [-0.15, -0.1) is 0 Å². The van der Waals surface area contributed by atoms with Crippen molar-refractivity contribution in [2.45, 2.75) is 71.2 Å². The summed E-state index contributed by atoms with van der Waals surface area (Å²) in [6.45, 7) is 7.26. The van der Waals surface area contributed by atoms with E-state index < -0.39 is 0 Å². The molecule has 3 rings (SSSR count). The van der Waals surface area contributed by atoms with Crippen LogP contribution in [0.5, 0.6) is 0 Å². The third kappa shape index (κ3) is 1.26. The molecule has 2 heteroatoms. The molecule has 2 bridgehead atoms. The van der Waals surface area contributed by atoms with Crippen LogP contribution in [0.3, 0.4) is 0 Å². The molecule has 3 saturated carbocycles. The summed E-state index contributed by atoms with van der Waals surface area (Å²) in [5.74, 6) is 0.854. The molecule has 3 atom stereocenters. The Balaban J connectivity index is 1.70. The van der Waals surface area contributed by atoms with E-state index in [1.165, 1.54) is 19.3 Å². The number of aliphatic hydroxyl groups excluding tert-OH is 1. The number of hydrogen-bond donors (Lipinski definition) is 1. The fourth-order valence-electron chi connectivity index (χ4n) is 4.22. The molecule has 3 unspecified atom stereocenters. The van der Waals surface area contributed by atoms with Gasteiger partial charge in [-0.05, 0) is 48.9 Å². The van der Waals surface area contributed by atoms with Crippen LogP contribution < -0.4 is 0 Å². The molecule has 3 aliphatic rings. The molecule has 16 heavy (non-hydrogen) atoms. The predicted octanol–water partition coefficient (Wildman–Crippen LogP) is 2.74. The lowest BCUT2D eigenvalue weighted by atomic mass is 9.70. The van der Waals surface area contributed by atoms with E-state index in [2.05, 4.69) is 20.8 Å². The van der Waals surface area contributed by atoms with Crippen LogP contribution in [0.15, 0.2) is 0 Å². The molecule has 2 nitrogen and oxygen atoms in total. The van der Waals surface area contributed by atoms with Crippen molar-refractivity contribution in [2.75, 3.05) is 0 Å². The largest absolute Gasteiger partial charge is 0.393 e. The van der Waals surface area contributed by atoms with Crippen molar-refractivity contribution in [1.29, 1.82) is 0 Å². The molecule has 0 radical (unpaired) electrons. The topological polar surface area (TPSA) is 29.5 Å². The number of fused-ring (bicyclic) bond motifs is 2. The minimum Gasteiger partial charge on any atom is -0.393 e. The van der Waals surface area contributed by atoms with Crippen LogP contribution in [0.1, 0.15) is 52.9 Å². The van der Waals surface area contributed by atoms with E-state index >= 15 is 0 Å². The summed E-state index contributed by atoms with van der Waals surface area (Å²) in [4.78, 5) is 0. The van der Waals surface area contributed by atoms with E-state index in [9.17, 15) is 5.11 Å². The summed E-state index contributed by atoms with van der Waals surface area (Å²) in [7, 11) is 0. The van der Waals surface area contributed by atoms with Crippen molar-refractivity contribution in [3.8, 4) is 0 Å². The Labute approximate surface area is 98.4 Å². The molecule has 0 aliphatic heterocycles. The van der Waals surface area contributed by atoms with Crippen LogP contribution in [0.25, 0.3) is 0 Å². The standard InChI is InChI=1S/C14H24O2/c1-13(2)9-4-5-14(13,3)12(6-9)16-11-7-10(15)8-11/h9-12,15H,4-8H2,1-3H3. The maximum atomic E-state index is 9.31. The van der Waals surface area contributed by atoms with Gasteiger partial charge < -0.3 is 9.84 Å². The Morgan fingerprint density at radius 1 is 1.12 bits per heavy atom. The molecule has 0 spiro atoms. The molecule has 0 saturated heterocycles. The highest BCUT2D eigenvalue weighted by Crippen LogP contribution is 2.66. The zero-order valence-corrected chi connectivity index (χ0v) is 10.7. The van der Waals surface area contributed by atoms with Crippen LogP contribution >= 0.6 is 0 Å². The molecule has 0 aromatic heterocycles. The quantitative estimate of drug-likeness (QED) is 0.781. The van der Waals surface area contributed by atoms with Crippen molar-refractivity contribution < 1.29 is 9.84 Å². The third-order valence-electron chi connectivity index (χ3n) is 6.14. The van der Waals surface area contributed by atoms with Crippen LogP contribution in [-0.4, -0.2) is 23.4 Å². The average Bonchev–Trinajstić information content (AvgIpc) is 2.48. The van der Waals surface area contributed by atoms with Gasteiger partial charge in [0, 0.05) is 0 Å². The number of aliphatic hydroxyl groups is 1. The highest BCUT2D eigenvalue weighted by atomic mass is 16.5. The summed E-state index contributed by atoms with van der Waals surface area (Å²) in [5, 5.41) is 9.31. The zero-order valence-electron chi connectivity index (χ0n) is 10.7. The maximum absolute atomic E-state index is 9.31. The summed E-state index contributed by atoms with van der Waals surface area (Å²) < 4.78 is 6.23. The van der Waals surface area contributed by atoms with Crippen LogP contribution in [0.2, 0.25) is 0 Å². The Morgan fingerprint density at radius 3 is 2.25 bits per heavy atom. The van der Waals surface area contributed by atoms with Gasteiger partial charge in [-0.25, -0.2) is 0 Å². The molecular weight excluding hydrogens is 200 g/mol. The predicted molar refractivity (Wildman–Crippen MR) is 63.1 cm³/mol. The molecule has 92 valence electrons. The first-order valence-electron chi connectivity index (χ1n) is 6.77. The normalized spacial score (nSPS) is 54.0. The van der Waals surface area contributed by atoms with E-state index in [0.29, 0.717) is 23.0 Å². The van der Waals surface area contributed by atoms with Crippen LogP contribution in [0.4, 0.5) is 0 Å². The summed E-state index contributed by atoms with van der Waals surface area (Å²) >= 11 is 0. The molecule has 0 heterocycles. The van der Waals surface area contributed by atoms with Gasteiger partial charge in [-0.3, -0.25) is 0 Å². The minimum absolute atomic E-state index is 0.0931. The highest BCUT2D eigenvalue weighted by molar-refractivity contribution is 5.11. The van der Waals surface area contributed by atoms with E-state index in [1.807, 2.05) is 0 Å². The fraction of sp³-hybridized carbons (Fsp3) is 1.00. The lowest BCUT2D eigenvalue weighted by molar-refractivity contribution is -0.142. The summed E-state index contributed by atoms with van der Waals surface area (Å²) in [6, 6.07) is 0. The Bertz CT molecular complexity index is 293. The minimum atomic E-state index is -0.0931. The second kappa shape index (κ2) is 3.23. The molecule has 0 aromatic carbocycles. The first-order chi connectivity index (χ1) is 7.43. The van der Waals surface area contributed by atoms with E-state index in [4.69, 9.17) is 4.74 Å². The van der Waals surface area contributed by atoms with Gasteiger partial charge in [0.05, 0.1) is 18.3 Å². The average molecular weight is 224 g/mol. The molecule has 0 aromatic rings. The summed E-state index contributed by atoms with van der Waals surface area (Å²) in [6.07, 6.45) is 6.36. The van der Waals surface area contributed by atoms with Gasteiger partial charge >= 0.3 is 0 Å². The van der Waals surface area contributed by atoms with Crippen molar-refractivity contribution in [3.05, 3.63) is 0 Å². The summed E-state index contributed by atoms with van der Waals surface area (Å²) in [5.41, 5.74) is 0.818. The van der Waals surface area contributed by atoms with Gasteiger partial charge in [-0.2, -0.15) is 0 Å². The lowest BCUT2D eigenvalue weighted by Crippen LogP contribution is -2.44. The van der Waals surface area contributed by atoms with Crippen molar-refractivity contribution in [1.82, 2.24) is 0 Å². The zero-order chi connectivity index (χ0) is 11.6. The molecule has 0 amide bonds. The Kier molecular flexibility index (Phi) is 2.23. The molecular formula is C14H24O2. The van der Waals surface area contributed by atoms with E-state index in [-0.39, 0.29) is 6.10 Å². The highest BCUT2D eigenvalue weighted by Gasteiger charge is 2.62. The SMILES string of the molecule is CC1(C)C2CCC1(C)C(OC1CC(O)C1)C2. The Morgan fingerprint density at radius 2 is 1.81 bits per heavy atom. The number of ether oxygens (including phenoxy) is 1. The number of hydrogen-bond acceptors (Lipinski definition) is 2. The Hall–Kier alpha value is -0.0800. The van der Waals surface area contributed by atoms with Crippen LogP contribution in [-0.2, 0) is 4.74 Å². The number of rotatable bonds is 2. The van der Waals surface area contributed by atoms with Crippen molar-refractivity contribution in [3.63, 3.8) is 0 Å². The first kappa shape index (κ1) is 11.0. The van der Waals surface area contributed by atoms with Crippen LogP contribution in [0, 0.1) is 16.7 Å². The van der Waals surface area contributed by atoms with E-state index in [1.54, 1.807) is 0 Å². The second-order valence-electron chi connectivity index (χ2n) is 6.98.